The lowest BCUT2D eigenvalue weighted by molar-refractivity contribution is -0.120. The Morgan fingerprint density at radius 1 is 1.03 bits per heavy atom. The van der Waals surface area contributed by atoms with Gasteiger partial charge in [0.05, 0.1) is 12.5 Å². The second-order valence-electron chi connectivity index (χ2n) is 8.67. The summed E-state index contributed by atoms with van der Waals surface area (Å²) in [5.74, 6) is 0.0662. The Bertz CT molecular complexity index is 890. The molecule has 0 radical (unpaired) electrons. The van der Waals surface area contributed by atoms with E-state index in [1.165, 1.54) is 64.2 Å². The number of amides is 1. The average Bonchev–Trinajstić information content (AvgIpc) is 3.16. The van der Waals surface area contributed by atoms with Gasteiger partial charge >= 0.3 is 0 Å². The first-order valence-corrected chi connectivity index (χ1v) is 12.7. The number of halogens is 1. The fraction of sp³-hybridized carbons (Fsp3) is 0.583. The van der Waals surface area contributed by atoms with E-state index in [4.69, 9.17) is 16.6 Å². The molecular weight excluding hydrogens is 414 g/mol. The van der Waals surface area contributed by atoms with Gasteiger partial charge in [-0.15, -0.1) is 11.3 Å². The van der Waals surface area contributed by atoms with Crippen LogP contribution in [0.2, 0.25) is 5.02 Å². The first-order valence-electron chi connectivity index (χ1n) is 11.4. The fourth-order valence-corrected chi connectivity index (χ4v) is 5.86. The SMILES string of the molecule is O=C(Cc1csc(=NC2CCCCC2)n1C1CCCCC1)NCc1ccc(Cl)cc1. The average molecular weight is 446 g/mol. The smallest absolute Gasteiger partial charge is 0.226 e. The molecular formula is C24H32ClN3OS. The number of hydrogen-bond acceptors (Lipinski definition) is 3. The van der Waals surface area contributed by atoms with Gasteiger partial charge in [0.15, 0.2) is 4.80 Å². The lowest BCUT2D eigenvalue weighted by atomic mass is 9.95. The Kier molecular flexibility index (Phi) is 7.67. The van der Waals surface area contributed by atoms with Gasteiger partial charge in [-0.2, -0.15) is 0 Å². The molecule has 2 fully saturated rings. The van der Waals surface area contributed by atoms with Crippen LogP contribution in [0.3, 0.4) is 0 Å². The molecule has 1 aromatic carbocycles. The zero-order valence-corrected chi connectivity index (χ0v) is 19.2. The van der Waals surface area contributed by atoms with E-state index in [9.17, 15) is 4.79 Å². The van der Waals surface area contributed by atoms with Crippen LogP contribution in [-0.4, -0.2) is 16.5 Å². The summed E-state index contributed by atoms with van der Waals surface area (Å²) < 4.78 is 2.42. The maximum Gasteiger partial charge on any atom is 0.226 e. The summed E-state index contributed by atoms with van der Waals surface area (Å²) in [6.45, 7) is 0.531. The van der Waals surface area contributed by atoms with Gasteiger partial charge in [-0.05, 0) is 43.4 Å². The highest BCUT2D eigenvalue weighted by Gasteiger charge is 2.21. The van der Waals surface area contributed by atoms with Crippen LogP contribution in [-0.2, 0) is 17.8 Å². The van der Waals surface area contributed by atoms with Gasteiger partial charge < -0.3 is 9.88 Å². The lowest BCUT2D eigenvalue weighted by Crippen LogP contribution is -2.30. The third kappa shape index (κ3) is 5.76. The van der Waals surface area contributed by atoms with E-state index in [1.807, 2.05) is 24.3 Å². The van der Waals surface area contributed by atoms with Gasteiger partial charge in [0, 0.05) is 28.7 Å². The van der Waals surface area contributed by atoms with E-state index in [-0.39, 0.29) is 5.91 Å². The second-order valence-corrected chi connectivity index (χ2v) is 9.95. The van der Waals surface area contributed by atoms with Gasteiger partial charge in [0.25, 0.3) is 0 Å². The second kappa shape index (κ2) is 10.6. The third-order valence-electron chi connectivity index (χ3n) is 6.37. The van der Waals surface area contributed by atoms with Gasteiger partial charge in [-0.3, -0.25) is 9.79 Å². The number of carbonyl (C=O) groups excluding carboxylic acids is 1. The molecule has 162 valence electrons. The lowest BCUT2D eigenvalue weighted by Gasteiger charge is -2.26. The van der Waals surface area contributed by atoms with Crippen molar-refractivity contribution < 1.29 is 4.79 Å². The van der Waals surface area contributed by atoms with Crippen molar-refractivity contribution in [2.45, 2.75) is 89.3 Å². The predicted octanol–water partition coefficient (Wildman–Crippen LogP) is 5.80. The monoisotopic (exact) mass is 445 g/mol. The minimum absolute atomic E-state index is 0.0662. The molecule has 4 nitrogen and oxygen atoms in total. The number of nitrogens with one attached hydrogen (secondary N) is 1. The molecule has 0 unspecified atom stereocenters. The number of aromatic nitrogens is 1. The number of thiazole rings is 1. The molecule has 0 aliphatic heterocycles. The summed E-state index contributed by atoms with van der Waals surface area (Å²) in [6, 6.07) is 8.58. The highest BCUT2D eigenvalue weighted by Crippen LogP contribution is 2.29. The minimum Gasteiger partial charge on any atom is -0.352 e. The summed E-state index contributed by atoms with van der Waals surface area (Å²) in [4.78, 5) is 19.0. The van der Waals surface area contributed by atoms with Crippen molar-refractivity contribution in [1.82, 2.24) is 9.88 Å². The molecule has 0 bridgehead atoms. The van der Waals surface area contributed by atoms with Crippen molar-refractivity contribution in [1.29, 1.82) is 0 Å². The maximum absolute atomic E-state index is 12.7. The molecule has 0 atom stereocenters. The third-order valence-corrected chi connectivity index (χ3v) is 7.52. The van der Waals surface area contributed by atoms with Crippen molar-refractivity contribution in [3.8, 4) is 0 Å². The standard InChI is InChI=1S/C24H32ClN3OS/c25-19-13-11-18(12-14-19)16-26-23(29)15-22-17-30-24(27-20-7-3-1-4-8-20)28(22)21-9-5-2-6-10-21/h11-14,17,20-21H,1-10,15-16H2,(H,26,29). The number of rotatable bonds is 6. The van der Waals surface area contributed by atoms with E-state index in [2.05, 4.69) is 15.3 Å². The predicted molar refractivity (Wildman–Crippen MR) is 124 cm³/mol. The number of nitrogens with zero attached hydrogens (tertiary/aromatic N) is 2. The maximum atomic E-state index is 12.7. The van der Waals surface area contributed by atoms with E-state index < -0.39 is 0 Å². The quantitative estimate of drug-likeness (QED) is 0.599. The first kappa shape index (κ1) is 21.6. The summed E-state index contributed by atoms with van der Waals surface area (Å²) in [5.41, 5.74) is 2.18. The number of hydrogen-bond donors (Lipinski definition) is 1. The Morgan fingerprint density at radius 2 is 1.70 bits per heavy atom. The molecule has 2 saturated carbocycles. The van der Waals surface area contributed by atoms with Crippen LogP contribution < -0.4 is 10.1 Å². The Balaban J connectivity index is 1.49. The number of benzene rings is 1. The van der Waals surface area contributed by atoms with E-state index in [0.717, 1.165) is 16.1 Å². The van der Waals surface area contributed by atoms with Crippen molar-refractivity contribution in [2.24, 2.45) is 4.99 Å². The highest BCUT2D eigenvalue weighted by atomic mass is 35.5. The van der Waals surface area contributed by atoms with E-state index in [0.29, 0.717) is 30.1 Å². The molecule has 2 aliphatic rings. The largest absolute Gasteiger partial charge is 0.352 e. The molecule has 2 aromatic rings. The molecule has 0 spiro atoms. The van der Waals surface area contributed by atoms with Crippen LogP contribution >= 0.6 is 22.9 Å². The molecule has 0 saturated heterocycles. The normalized spacial score (nSPS) is 19.2. The molecule has 1 aromatic heterocycles. The molecule has 4 rings (SSSR count). The van der Waals surface area contributed by atoms with Crippen LogP contribution in [0.4, 0.5) is 0 Å². The number of carbonyl (C=O) groups is 1. The Labute approximate surface area is 188 Å². The van der Waals surface area contributed by atoms with Crippen molar-refractivity contribution in [3.05, 3.63) is 50.7 Å². The van der Waals surface area contributed by atoms with Crippen LogP contribution in [0.25, 0.3) is 0 Å². The van der Waals surface area contributed by atoms with Crippen molar-refractivity contribution >= 4 is 28.8 Å². The summed E-state index contributed by atoms with van der Waals surface area (Å²) in [7, 11) is 0. The van der Waals surface area contributed by atoms with Gasteiger partial charge in [0.2, 0.25) is 5.91 Å². The molecule has 1 heterocycles. The molecule has 1 N–H and O–H groups in total. The van der Waals surface area contributed by atoms with Crippen LogP contribution in [0, 0.1) is 0 Å². The van der Waals surface area contributed by atoms with Crippen molar-refractivity contribution in [2.75, 3.05) is 0 Å². The molecule has 6 heteroatoms. The van der Waals surface area contributed by atoms with Gasteiger partial charge in [0.1, 0.15) is 0 Å². The topological polar surface area (TPSA) is 46.4 Å². The Morgan fingerprint density at radius 3 is 2.40 bits per heavy atom. The van der Waals surface area contributed by atoms with E-state index >= 15 is 0 Å². The molecule has 2 aliphatic carbocycles. The van der Waals surface area contributed by atoms with Crippen LogP contribution in [0.1, 0.15) is 81.5 Å². The van der Waals surface area contributed by atoms with Crippen LogP contribution in [0.15, 0.2) is 34.6 Å². The molecule has 1 amide bonds. The van der Waals surface area contributed by atoms with Crippen LogP contribution in [0.5, 0.6) is 0 Å². The van der Waals surface area contributed by atoms with Crippen molar-refractivity contribution in [3.63, 3.8) is 0 Å². The summed E-state index contributed by atoms with van der Waals surface area (Å²) in [5, 5.41) is 5.95. The highest BCUT2D eigenvalue weighted by molar-refractivity contribution is 7.07. The van der Waals surface area contributed by atoms with Gasteiger partial charge in [-0.25, -0.2) is 0 Å². The molecule has 30 heavy (non-hydrogen) atoms. The Hall–Kier alpha value is -1.59. The first-order chi connectivity index (χ1) is 14.7. The van der Waals surface area contributed by atoms with E-state index in [1.54, 1.807) is 11.3 Å². The zero-order chi connectivity index (χ0) is 20.8. The fourth-order valence-electron chi connectivity index (χ4n) is 4.70. The summed E-state index contributed by atoms with van der Waals surface area (Å²) >= 11 is 7.67. The van der Waals surface area contributed by atoms with Gasteiger partial charge in [-0.1, -0.05) is 62.3 Å². The zero-order valence-electron chi connectivity index (χ0n) is 17.6. The minimum atomic E-state index is 0.0662. The summed E-state index contributed by atoms with van der Waals surface area (Å²) in [6.07, 6.45) is 13.1.